The number of hydrogen-bond acceptors (Lipinski definition) is 3. The number of benzene rings is 1. The standard InChI is InChI=1S/C16H20N2O3/c17-12-6-5-11(9-12)15(19)18-8-7-10-3-1-2-4-13(10)14(18)16(20)21/h1-4,11-12,14H,5-9,17H2,(H,20,21). The highest BCUT2D eigenvalue weighted by molar-refractivity contribution is 5.87. The first-order chi connectivity index (χ1) is 10.1. The highest BCUT2D eigenvalue weighted by atomic mass is 16.4. The molecule has 3 unspecified atom stereocenters. The van der Waals surface area contributed by atoms with E-state index in [1.54, 1.807) is 0 Å². The minimum absolute atomic E-state index is 0.0511. The van der Waals surface area contributed by atoms with E-state index in [0.29, 0.717) is 19.4 Å². The van der Waals surface area contributed by atoms with Crippen LogP contribution in [0.25, 0.3) is 0 Å². The van der Waals surface area contributed by atoms with Gasteiger partial charge in [0.2, 0.25) is 5.91 Å². The average molecular weight is 288 g/mol. The monoisotopic (exact) mass is 288 g/mol. The van der Waals surface area contributed by atoms with Crippen LogP contribution in [0.3, 0.4) is 0 Å². The quantitative estimate of drug-likeness (QED) is 0.860. The molecule has 1 fully saturated rings. The molecule has 112 valence electrons. The highest BCUT2D eigenvalue weighted by Crippen LogP contribution is 2.34. The van der Waals surface area contributed by atoms with Gasteiger partial charge in [-0.3, -0.25) is 4.79 Å². The first kappa shape index (κ1) is 14.1. The number of hydrogen-bond donors (Lipinski definition) is 2. The third-order valence-corrected chi connectivity index (χ3v) is 4.62. The molecule has 1 aliphatic heterocycles. The predicted octanol–water partition coefficient (Wildman–Crippen LogP) is 1.32. The molecule has 0 spiro atoms. The molecule has 1 aromatic carbocycles. The van der Waals surface area contributed by atoms with Crippen molar-refractivity contribution in [3.8, 4) is 0 Å². The Bertz CT molecular complexity index is 572. The largest absolute Gasteiger partial charge is 0.479 e. The number of nitrogens with two attached hydrogens (primary N) is 1. The van der Waals surface area contributed by atoms with Crippen LogP contribution in [0.5, 0.6) is 0 Å². The van der Waals surface area contributed by atoms with E-state index in [2.05, 4.69) is 0 Å². The first-order valence-electron chi connectivity index (χ1n) is 7.44. The Hall–Kier alpha value is -1.88. The van der Waals surface area contributed by atoms with Crippen molar-refractivity contribution in [2.24, 2.45) is 11.7 Å². The summed E-state index contributed by atoms with van der Waals surface area (Å²) in [5.41, 5.74) is 7.64. The van der Waals surface area contributed by atoms with Crippen LogP contribution in [-0.2, 0) is 16.0 Å². The van der Waals surface area contributed by atoms with Crippen LogP contribution in [0, 0.1) is 5.92 Å². The van der Waals surface area contributed by atoms with Crippen molar-refractivity contribution in [1.82, 2.24) is 4.90 Å². The lowest BCUT2D eigenvalue weighted by Gasteiger charge is -2.36. The number of carbonyl (C=O) groups excluding carboxylic acids is 1. The first-order valence-corrected chi connectivity index (χ1v) is 7.44. The number of nitrogens with zero attached hydrogens (tertiary/aromatic N) is 1. The van der Waals surface area contributed by atoms with Gasteiger partial charge in [0.05, 0.1) is 0 Å². The van der Waals surface area contributed by atoms with Gasteiger partial charge in [-0.1, -0.05) is 24.3 Å². The second-order valence-electron chi connectivity index (χ2n) is 5.99. The van der Waals surface area contributed by atoms with Gasteiger partial charge in [0.1, 0.15) is 0 Å². The molecule has 2 aliphatic rings. The number of amides is 1. The van der Waals surface area contributed by atoms with Crippen molar-refractivity contribution >= 4 is 11.9 Å². The van der Waals surface area contributed by atoms with Gasteiger partial charge in [-0.2, -0.15) is 0 Å². The molecular weight excluding hydrogens is 268 g/mol. The predicted molar refractivity (Wildman–Crippen MR) is 77.6 cm³/mol. The zero-order chi connectivity index (χ0) is 15.0. The Labute approximate surface area is 123 Å². The second-order valence-corrected chi connectivity index (χ2v) is 5.99. The van der Waals surface area contributed by atoms with Crippen LogP contribution in [0.2, 0.25) is 0 Å². The number of rotatable bonds is 2. The van der Waals surface area contributed by atoms with Crippen molar-refractivity contribution in [2.45, 2.75) is 37.8 Å². The molecule has 0 saturated heterocycles. The number of fused-ring (bicyclic) bond motifs is 1. The molecule has 1 aliphatic carbocycles. The summed E-state index contributed by atoms with van der Waals surface area (Å²) < 4.78 is 0. The SMILES string of the molecule is NC1CCC(C(=O)N2CCc3ccccc3C2C(=O)O)C1. The maximum atomic E-state index is 12.7. The summed E-state index contributed by atoms with van der Waals surface area (Å²) in [5.74, 6) is -1.13. The van der Waals surface area contributed by atoms with Gasteiger partial charge >= 0.3 is 5.97 Å². The minimum atomic E-state index is -0.960. The van der Waals surface area contributed by atoms with E-state index in [-0.39, 0.29) is 17.9 Å². The third kappa shape index (κ3) is 2.53. The molecule has 1 heterocycles. The molecule has 1 amide bonds. The Balaban J connectivity index is 1.89. The summed E-state index contributed by atoms with van der Waals surface area (Å²) >= 11 is 0. The molecule has 3 atom stereocenters. The van der Waals surface area contributed by atoms with Gasteiger partial charge in [0.15, 0.2) is 6.04 Å². The summed E-state index contributed by atoms with van der Waals surface area (Å²) in [5, 5.41) is 9.58. The van der Waals surface area contributed by atoms with Crippen LogP contribution in [0.15, 0.2) is 24.3 Å². The van der Waals surface area contributed by atoms with E-state index in [1.807, 2.05) is 24.3 Å². The molecule has 0 bridgehead atoms. The van der Waals surface area contributed by atoms with E-state index in [9.17, 15) is 14.7 Å². The molecule has 0 radical (unpaired) electrons. The Morgan fingerprint density at radius 1 is 1.24 bits per heavy atom. The summed E-state index contributed by atoms with van der Waals surface area (Å²) in [7, 11) is 0. The Kier molecular flexibility index (Phi) is 3.68. The van der Waals surface area contributed by atoms with Gasteiger partial charge in [-0.15, -0.1) is 0 Å². The lowest BCUT2D eigenvalue weighted by Crippen LogP contribution is -2.45. The summed E-state index contributed by atoms with van der Waals surface area (Å²) in [6, 6.07) is 6.70. The van der Waals surface area contributed by atoms with Gasteiger partial charge in [0.25, 0.3) is 0 Å². The van der Waals surface area contributed by atoms with Crippen LogP contribution in [0.1, 0.15) is 36.4 Å². The van der Waals surface area contributed by atoms with Crippen LogP contribution < -0.4 is 5.73 Å². The Morgan fingerprint density at radius 3 is 2.67 bits per heavy atom. The summed E-state index contributed by atoms with van der Waals surface area (Å²) in [6.07, 6.45) is 3.00. The van der Waals surface area contributed by atoms with E-state index in [1.165, 1.54) is 4.90 Å². The molecule has 3 rings (SSSR count). The van der Waals surface area contributed by atoms with Crippen molar-refractivity contribution in [2.75, 3.05) is 6.54 Å². The summed E-state index contributed by atoms with van der Waals surface area (Å²) in [6.45, 7) is 0.471. The maximum absolute atomic E-state index is 12.7. The molecule has 1 aromatic rings. The van der Waals surface area contributed by atoms with E-state index in [0.717, 1.165) is 24.0 Å². The minimum Gasteiger partial charge on any atom is -0.479 e. The number of carboxylic acids is 1. The second kappa shape index (κ2) is 5.48. The lowest BCUT2D eigenvalue weighted by atomic mass is 9.91. The molecular formula is C16H20N2O3. The van der Waals surface area contributed by atoms with Crippen LogP contribution >= 0.6 is 0 Å². The van der Waals surface area contributed by atoms with Crippen LogP contribution in [0.4, 0.5) is 0 Å². The number of aliphatic carboxylic acids is 1. The van der Waals surface area contributed by atoms with Gasteiger partial charge in [0, 0.05) is 18.5 Å². The fourth-order valence-electron chi connectivity index (χ4n) is 3.55. The van der Waals surface area contributed by atoms with Gasteiger partial charge < -0.3 is 15.7 Å². The van der Waals surface area contributed by atoms with Crippen molar-refractivity contribution in [3.05, 3.63) is 35.4 Å². The van der Waals surface area contributed by atoms with E-state index in [4.69, 9.17) is 5.73 Å². The third-order valence-electron chi connectivity index (χ3n) is 4.62. The van der Waals surface area contributed by atoms with Crippen molar-refractivity contribution in [3.63, 3.8) is 0 Å². The van der Waals surface area contributed by atoms with Crippen LogP contribution in [-0.4, -0.2) is 34.5 Å². The molecule has 1 saturated carbocycles. The normalized spacial score (nSPS) is 28.2. The topological polar surface area (TPSA) is 83.6 Å². The summed E-state index contributed by atoms with van der Waals surface area (Å²) in [4.78, 5) is 25.9. The molecule has 5 heteroatoms. The molecule has 21 heavy (non-hydrogen) atoms. The fourth-order valence-corrected chi connectivity index (χ4v) is 3.55. The highest BCUT2D eigenvalue weighted by Gasteiger charge is 2.39. The van der Waals surface area contributed by atoms with Gasteiger partial charge in [-0.25, -0.2) is 4.79 Å². The average Bonchev–Trinajstić information content (AvgIpc) is 2.91. The molecule has 0 aromatic heterocycles. The van der Waals surface area contributed by atoms with Gasteiger partial charge in [-0.05, 0) is 36.8 Å². The maximum Gasteiger partial charge on any atom is 0.331 e. The molecule has 3 N–H and O–H groups in total. The Morgan fingerprint density at radius 2 is 2.00 bits per heavy atom. The zero-order valence-corrected chi connectivity index (χ0v) is 11.9. The van der Waals surface area contributed by atoms with E-state index < -0.39 is 12.0 Å². The molecule has 5 nitrogen and oxygen atoms in total. The lowest BCUT2D eigenvalue weighted by molar-refractivity contribution is -0.153. The number of carboxylic acid groups (broad SMARTS) is 1. The van der Waals surface area contributed by atoms with Crippen molar-refractivity contribution in [1.29, 1.82) is 0 Å². The number of carbonyl (C=O) groups is 2. The zero-order valence-electron chi connectivity index (χ0n) is 11.9. The smallest absolute Gasteiger partial charge is 0.331 e. The van der Waals surface area contributed by atoms with E-state index >= 15 is 0 Å². The van der Waals surface area contributed by atoms with Crippen molar-refractivity contribution < 1.29 is 14.7 Å². The fraction of sp³-hybridized carbons (Fsp3) is 0.500.